The van der Waals surface area contributed by atoms with E-state index in [1.54, 1.807) is 21.8 Å². The van der Waals surface area contributed by atoms with E-state index in [1.165, 1.54) is 0 Å². The molecule has 1 aromatic carbocycles. The number of aromatic nitrogens is 5. The normalized spacial score (nSPS) is 15.2. The van der Waals surface area contributed by atoms with Gasteiger partial charge in [-0.3, -0.25) is 4.79 Å². The quantitative estimate of drug-likeness (QED) is 0.755. The largest absolute Gasteiger partial charge is 0.320 e. The van der Waals surface area contributed by atoms with E-state index in [1.807, 2.05) is 36.5 Å². The summed E-state index contributed by atoms with van der Waals surface area (Å²) in [6.45, 7) is 1.93. The molecule has 0 spiro atoms. The van der Waals surface area contributed by atoms with Crippen molar-refractivity contribution in [3.8, 4) is 5.69 Å². The number of hydrogen-bond donors (Lipinski definition) is 2. The minimum absolute atomic E-state index is 0.266. The number of rotatable bonds is 4. The zero-order valence-corrected chi connectivity index (χ0v) is 13.7. The van der Waals surface area contributed by atoms with Gasteiger partial charge in [-0.2, -0.15) is 5.10 Å². The molecule has 1 saturated heterocycles. The van der Waals surface area contributed by atoms with Gasteiger partial charge in [-0.15, -0.1) is 5.10 Å². The minimum Gasteiger partial charge on any atom is -0.320 e. The predicted molar refractivity (Wildman–Crippen MR) is 92.7 cm³/mol. The molecule has 0 aliphatic carbocycles. The molecule has 8 nitrogen and oxygen atoms in total. The van der Waals surface area contributed by atoms with Gasteiger partial charge in [0.15, 0.2) is 5.69 Å². The van der Waals surface area contributed by atoms with Gasteiger partial charge >= 0.3 is 0 Å². The smallest absolute Gasteiger partial charge is 0.277 e. The summed E-state index contributed by atoms with van der Waals surface area (Å²) >= 11 is 0. The molecule has 8 heteroatoms. The van der Waals surface area contributed by atoms with Gasteiger partial charge in [0.25, 0.3) is 5.91 Å². The molecule has 1 aliphatic rings. The molecule has 3 aromatic rings. The van der Waals surface area contributed by atoms with Crippen molar-refractivity contribution in [1.29, 1.82) is 0 Å². The molecule has 0 radical (unpaired) electrons. The van der Waals surface area contributed by atoms with Crippen molar-refractivity contribution in [1.82, 2.24) is 30.1 Å². The van der Waals surface area contributed by atoms with Crippen LogP contribution in [-0.2, 0) is 0 Å². The number of hydrogen-bond acceptors (Lipinski definition) is 5. The lowest BCUT2D eigenvalue weighted by Crippen LogP contribution is -2.29. The van der Waals surface area contributed by atoms with Crippen LogP contribution in [0.4, 0.5) is 5.69 Å². The second kappa shape index (κ2) is 6.86. The molecule has 2 aromatic heterocycles. The number of piperidine rings is 1. The maximum atomic E-state index is 12.4. The third kappa shape index (κ3) is 3.43. The zero-order valence-electron chi connectivity index (χ0n) is 13.7. The van der Waals surface area contributed by atoms with E-state index in [0.717, 1.165) is 31.6 Å². The molecule has 0 bridgehead atoms. The number of benzene rings is 1. The fourth-order valence-electron chi connectivity index (χ4n) is 2.97. The Hall–Kier alpha value is -3.00. The fourth-order valence-corrected chi connectivity index (χ4v) is 2.97. The van der Waals surface area contributed by atoms with Crippen LogP contribution in [0.1, 0.15) is 29.4 Å². The molecule has 1 fully saturated rings. The van der Waals surface area contributed by atoms with Crippen molar-refractivity contribution in [2.75, 3.05) is 18.4 Å². The molecule has 2 N–H and O–H groups in total. The van der Waals surface area contributed by atoms with E-state index in [9.17, 15) is 4.79 Å². The van der Waals surface area contributed by atoms with Gasteiger partial charge < -0.3 is 10.6 Å². The highest BCUT2D eigenvalue weighted by molar-refractivity contribution is 6.02. The standard InChI is InChI=1S/C17H19N7O/c25-17(16-12-24(22-21-16)14-5-8-18-9-6-14)20-13-3-1-4-15(11-13)23-10-2-7-19-23/h1-4,7,10-12,14,18H,5-6,8-9H2,(H,20,25). The van der Waals surface area contributed by atoms with Crippen molar-refractivity contribution >= 4 is 11.6 Å². The van der Waals surface area contributed by atoms with Crippen molar-refractivity contribution in [2.24, 2.45) is 0 Å². The van der Waals surface area contributed by atoms with Crippen LogP contribution in [0.15, 0.2) is 48.9 Å². The van der Waals surface area contributed by atoms with Gasteiger partial charge in [-0.05, 0) is 50.2 Å². The van der Waals surface area contributed by atoms with Gasteiger partial charge in [0.05, 0.1) is 17.9 Å². The molecule has 3 heterocycles. The van der Waals surface area contributed by atoms with E-state index in [-0.39, 0.29) is 5.91 Å². The van der Waals surface area contributed by atoms with Crippen LogP contribution in [0.5, 0.6) is 0 Å². The summed E-state index contributed by atoms with van der Waals surface area (Å²) in [5.74, 6) is -0.266. The summed E-state index contributed by atoms with van der Waals surface area (Å²) in [4.78, 5) is 12.4. The molecule has 25 heavy (non-hydrogen) atoms. The minimum atomic E-state index is -0.266. The van der Waals surface area contributed by atoms with Crippen LogP contribution in [0, 0.1) is 0 Å². The molecule has 0 atom stereocenters. The summed E-state index contributed by atoms with van der Waals surface area (Å²) in [6.07, 6.45) is 7.28. The molecule has 4 rings (SSSR count). The third-order valence-corrected chi connectivity index (χ3v) is 4.30. The number of nitrogens with one attached hydrogen (secondary N) is 2. The van der Waals surface area contributed by atoms with Gasteiger partial charge in [-0.25, -0.2) is 9.36 Å². The average molecular weight is 337 g/mol. The lowest BCUT2D eigenvalue weighted by Gasteiger charge is -2.22. The Labute approximate surface area is 144 Å². The topological polar surface area (TPSA) is 89.7 Å². The Bertz CT molecular complexity index is 850. The lowest BCUT2D eigenvalue weighted by molar-refractivity contribution is 0.102. The SMILES string of the molecule is O=C(Nc1cccc(-n2cccn2)c1)c1cn(C2CCNCC2)nn1. The number of carbonyl (C=O) groups excluding carboxylic acids is 1. The summed E-state index contributed by atoms with van der Waals surface area (Å²) in [5, 5.41) is 18.5. The van der Waals surface area contributed by atoms with Crippen LogP contribution in [0.25, 0.3) is 5.69 Å². The molecule has 1 amide bonds. The lowest BCUT2D eigenvalue weighted by atomic mass is 10.1. The van der Waals surface area contributed by atoms with Crippen molar-refractivity contribution < 1.29 is 4.79 Å². The number of anilines is 1. The van der Waals surface area contributed by atoms with Crippen molar-refractivity contribution in [3.63, 3.8) is 0 Å². The fraction of sp³-hybridized carbons (Fsp3) is 0.294. The monoisotopic (exact) mass is 337 g/mol. The predicted octanol–water partition coefficient (Wildman–Crippen LogP) is 1.64. The van der Waals surface area contributed by atoms with Gasteiger partial charge in [0.1, 0.15) is 0 Å². The third-order valence-electron chi connectivity index (χ3n) is 4.30. The average Bonchev–Trinajstić information content (AvgIpc) is 3.35. The van der Waals surface area contributed by atoms with Crippen LogP contribution < -0.4 is 10.6 Å². The summed E-state index contributed by atoms with van der Waals surface area (Å²) < 4.78 is 3.54. The number of amides is 1. The highest BCUT2D eigenvalue weighted by atomic mass is 16.2. The van der Waals surface area contributed by atoms with Gasteiger partial charge in [-0.1, -0.05) is 11.3 Å². The number of nitrogens with zero attached hydrogens (tertiary/aromatic N) is 5. The van der Waals surface area contributed by atoms with E-state index in [2.05, 4.69) is 26.0 Å². The Balaban J connectivity index is 1.47. The van der Waals surface area contributed by atoms with Crippen LogP contribution in [0.2, 0.25) is 0 Å². The molecule has 128 valence electrons. The van der Waals surface area contributed by atoms with Crippen LogP contribution in [-0.4, -0.2) is 43.8 Å². The second-order valence-corrected chi connectivity index (χ2v) is 6.02. The highest BCUT2D eigenvalue weighted by Gasteiger charge is 2.18. The van der Waals surface area contributed by atoms with E-state index in [4.69, 9.17) is 0 Å². The van der Waals surface area contributed by atoms with Crippen molar-refractivity contribution in [3.05, 3.63) is 54.6 Å². The zero-order chi connectivity index (χ0) is 17.1. The maximum Gasteiger partial charge on any atom is 0.277 e. The Kier molecular flexibility index (Phi) is 4.26. The van der Waals surface area contributed by atoms with Crippen LogP contribution >= 0.6 is 0 Å². The van der Waals surface area contributed by atoms with E-state index < -0.39 is 0 Å². The van der Waals surface area contributed by atoms with Gasteiger partial charge in [0, 0.05) is 18.1 Å². The Morgan fingerprint density at radius 3 is 2.92 bits per heavy atom. The summed E-state index contributed by atoms with van der Waals surface area (Å²) in [7, 11) is 0. The molecule has 1 aliphatic heterocycles. The molecular formula is C17H19N7O. The highest BCUT2D eigenvalue weighted by Crippen LogP contribution is 2.18. The van der Waals surface area contributed by atoms with E-state index >= 15 is 0 Å². The first-order valence-corrected chi connectivity index (χ1v) is 8.33. The first-order valence-electron chi connectivity index (χ1n) is 8.33. The van der Waals surface area contributed by atoms with Crippen molar-refractivity contribution in [2.45, 2.75) is 18.9 Å². The van der Waals surface area contributed by atoms with Gasteiger partial charge in [0.2, 0.25) is 0 Å². The Morgan fingerprint density at radius 2 is 2.12 bits per heavy atom. The van der Waals surface area contributed by atoms with E-state index in [0.29, 0.717) is 17.4 Å². The first-order chi connectivity index (χ1) is 12.3. The second-order valence-electron chi connectivity index (χ2n) is 6.02. The number of carbonyl (C=O) groups is 1. The first kappa shape index (κ1) is 15.5. The van der Waals surface area contributed by atoms with Crippen LogP contribution in [0.3, 0.4) is 0 Å². The molecule has 0 unspecified atom stereocenters. The summed E-state index contributed by atoms with van der Waals surface area (Å²) in [6, 6.07) is 9.65. The molecular weight excluding hydrogens is 318 g/mol. The summed E-state index contributed by atoms with van der Waals surface area (Å²) in [5.41, 5.74) is 1.89. The maximum absolute atomic E-state index is 12.4. The Morgan fingerprint density at radius 1 is 1.24 bits per heavy atom. The molecule has 0 saturated carbocycles.